The summed E-state index contributed by atoms with van der Waals surface area (Å²) in [6, 6.07) is 4.34. The molecule has 2 heterocycles. The maximum Gasteiger partial charge on any atom is 0.118 e. The molecule has 1 aliphatic heterocycles. The van der Waals surface area contributed by atoms with Crippen LogP contribution in [0.3, 0.4) is 0 Å². The fourth-order valence-electron chi connectivity index (χ4n) is 2.21. The third-order valence-corrected chi connectivity index (χ3v) is 4.12. The molecule has 1 saturated heterocycles. The van der Waals surface area contributed by atoms with Crippen molar-refractivity contribution < 1.29 is 0 Å². The zero-order valence-electron chi connectivity index (χ0n) is 11.4. The van der Waals surface area contributed by atoms with Crippen LogP contribution in [0.15, 0.2) is 17.1 Å². The molecule has 1 fully saturated rings. The molecule has 0 bridgehead atoms. The lowest BCUT2D eigenvalue weighted by Gasteiger charge is -2.18. The van der Waals surface area contributed by atoms with Gasteiger partial charge in [-0.15, -0.1) is 11.3 Å². The van der Waals surface area contributed by atoms with Crippen molar-refractivity contribution in [2.45, 2.75) is 32.2 Å². The Bertz CT molecular complexity index is 376. The molecule has 0 N–H and O–H groups in total. The number of hydrogen-bond acceptors (Lipinski definition) is 3. The maximum absolute atomic E-state index is 4.44. The summed E-state index contributed by atoms with van der Waals surface area (Å²) in [5, 5.41) is 1.11. The third-order valence-electron chi connectivity index (χ3n) is 3.14. The van der Waals surface area contributed by atoms with Gasteiger partial charge in [-0.25, -0.2) is 4.99 Å². The van der Waals surface area contributed by atoms with E-state index in [0.29, 0.717) is 0 Å². The molecule has 0 radical (unpaired) electrons. The molecule has 3 nitrogen and oxygen atoms in total. The van der Waals surface area contributed by atoms with Gasteiger partial charge in [-0.1, -0.05) is 12.8 Å². The Hall–Kier alpha value is -0.870. The summed E-state index contributed by atoms with van der Waals surface area (Å²) in [5.41, 5.74) is 0. The fraction of sp³-hybridized carbons (Fsp3) is 0.643. The van der Waals surface area contributed by atoms with Gasteiger partial charge in [-0.2, -0.15) is 0 Å². The molecular weight excluding hydrogens is 242 g/mol. The van der Waals surface area contributed by atoms with Crippen LogP contribution in [0.25, 0.3) is 0 Å². The number of rotatable bonds is 4. The summed E-state index contributed by atoms with van der Waals surface area (Å²) >= 11 is 1.81. The average Bonchev–Trinajstić information content (AvgIpc) is 2.62. The number of nitrogens with zero attached hydrogens (tertiary/aromatic N) is 3. The molecule has 0 atom stereocenters. The predicted octanol–water partition coefficient (Wildman–Crippen LogP) is 3.35. The van der Waals surface area contributed by atoms with E-state index in [1.54, 1.807) is 0 Å². The Kier molecular flexibility index (Phi) is 5.20. The molecule has 1 aromatic heterocycles. The van der Waals surface area contributed by atoms with Crippen LogP contribution >= 0.6 is 11.3 Å². The summed E-state index contributed by atoms with van der Waals surface area (Å²) in [5.74, 6) is 0. The Labute approximate surface area is 114 Å². The van der Waals surface area contributed by atoms with Crippen LogP contribution in [0.2, 0.25) is 0 Å². The Morgan fingerprint density at radius 2 is 1.94 bits per heavy atom. The SMILES string of the molecule is CN(C)/C=N/c1ccc(CN2CCCCCC2)s1. The summed E-state index contributed by atoms with van der Waals surface area (Å²) in [6.45, 7) is 3.62. The second-order valence-electron chi connectivity index (χ2n) is 5.14. The van der Waals surface area contributed by atoms with Crippen molar-refractivity contribution in [1.82, 2.24) is 9.80 Å². The van der Waals surface area contributed by atoms with Crippen LogP contribution in [0, 0.1) is 0 Å². The summed E-state index contributed by atoms with van der Waals surface area (Å²) < 4.78 is 0. The molecule has 0 amide bonds. The van der Waals surface area contributed by atoms with Crippen molar-refractivity contribution >= 4 is 22.7 Å². The van der Waals surface area contributed by atoms with Gasteiger partial charge in [0.25, 0.3) is 0 Å². The lowest BCUT2D eigenvalue weighted by molar-refractivity contribution is 0.279. The van der Waals surface area contributed by atoms with Crippen molar-refractivity contribution in [2.75, 3.05) is 27.2 Å². The third kappa shape index (κ3) is 4.42. The van der Waals surface area contributed by atoms with E-state index in [4.69, 9.17) is 0 Å². The number of likely N-dealkylation sites (tertiary alicyclic amines) is 1. The first kappa shape index (κ1) is 13.6. The van der Waals surface area contributed by atoms with E-state index < -0.39 is 0 Å². The van der Waals surface area contributed by atoms with Crippen LogP contribution < -0.4 is 0 Å². The second-order valence-corrected chi connectivity index (χ2v) is 6.29. The van der Waals surface area contributed by atoms with Gasteiger partial charge in [0, 0.05) is 25.5 Å². The first-order chi connectivity index (χ1) is 8.74. The highest BCUT2D eigenvalue weighted by Crippen LogP contribution is 2.26. The van der Waals surface area contributed by atoms with E-state index in [9.17, 15) is 0 Å². The summed E-state index contributed by atoms with van der Waals surface area (Å²) in [4.78, 5) is 10.4. The van der Waals surface area contributed by atoms with Crippen molar-refractivity contribution in [1.29, 1.82) is 0 Å². The summed E-state index contributed by atoms with van der Waals surface area (Å²) in [6.07, 6.45) is 7.38. The van der Waals surface area contributed by atoms with Crippen LogP contribution in [-0.4, -0.2) is 43.3 Å². The first-order valence-corrected chi connectivity index (χ1v) is 7.57. The van der Waals surface area contributed by atoms with Crippen LogP contribution in [0.5, 0.6) is 0 Å². The topological polar surface area (TPSA) is 18.8 Å². The minimum Gasteiger partial charge on any atom is -0.369 e. The second kappa shape index (κ2) is 6.90. The quantitative estimate of drug-likeness (QED) is 0.614. The highest BCUT2D eigenvalue weighted by Gasteiger charge is 2.10. The standard InChI is InChI=1S/C14H23N3S/c1-16(2)12-15-14-8-7-13(18-14)11-17-9-5-3-4-6-10-17/h7-8,12H,3-6,9-11H2,1-2H3/b15-12+. The molecule has 1 aliphatic rings. The van der Waals surface area contributed by atoms with E-state index in [-0.39, 0.29) is 0 Å². The molecule has 0 saturated carbocycles. The first-order valence-electron chi connectivity index (χ1n) is 6.76. The highest BCUT2D eigenvalue weighted by atomic mass is 32.1. The minimum atomic E-state index is 1.10. The molecule has 4 heteroatoms. The zero-order chi connectivity index (χ0) is 12.8. The van der Waals surface area contributed by atoms with Gasteiger partial charge in [0.15, 0.2) is 0 Å². The molecule has 0 aromatic carbocycles. The lowest BCUT2D eigenvalue weighted by Crippen LogP contribution is -2.23. The van der Waals surface area contributed by atoms with Gasteiger partial charge in [0.05, 0.1) is 6.34 Å². The van der Waals surface area contributed by atoms with Crippen LogP contribution in [0.1, 0.15) is 30.6 Å². The Morgan fingerprint density at radius 3 is 2.61 bits per heavy atom. The van der Waals surface area contributed by atoms with E-state index in [1.165, 1.54) is 43.6 Å². The molecule has 18 heavy (non-hydrogen) atoms. The van der Waals surface area contributed by atoms with Gasteiger partial charge in [0.2, 0.25) is 0 Å². The monoisotopic (exact) mass is 265 g/mol. The van der Waals surface area contributed by atoms with Crippen LogP contribution in [0.4, 0.5) is 5.00 Å². The molecule has 2 rings (SSSR count). The molecule has 100 valence electrons. The van der Waals surface area contributed by atoms with E-state index in [0.717, 1.165) is 11.5 Å². The van der Waals surface area contributed by atoms with Gasteiger partial charge in [-0.05, 0) is 38.1 Å². The molecule has 0 aliphatic carbocycles. The number of thiophene rings is 1. The van der Waals surface area contributed by atoms with Gasteiger partial charge < -0.3 is 4.90 Å². The lowest BCUT2D eigenvalue weighted by atomic mass is 10.2. The Balaban J connectivity index is 1.89. The smallest absolute Gasteiger partial charge is 0.118 e. The fourth-order valence-corrected chi connectivity index (χ4v) is 3.10. The van der Waals surface area contributed by atoms with Gasteiger partial charge >= 0.3 is 0 Å². The molecule has 1 aromatic rings. The van der Waals surface area contributed by atoms with Crippen molar-refractivity contribution in [3.63, 3.8) is 0 Å². The van der Waals surface area contributed by atoms with E-state index in [1.807, 2.05) is 36.7 Å². The summed E-state index contributed by atoms with van der Waals surface area (Å²) in [7, 11) is 3.99. The maximum atomic E-state index is 4.44. The van der Waals surface area contributed by atoms with Crippen molar-refractivity contribution in [3.05, 3.63) is 17.0 Å². The zero-order valence-corrected chi connectivity index (χ0v) is 12.2. The minimum absolute atomic E-state index is 1.10. The predicted molar refractivity (Wildman–Crippen MR) is 79.9 cm³/mol. The Morgan fingerprint density at radius 1 is 1.22 bits per heavy atom. The highest BCUT2D eigenvalue weighted by molar-refractivity contribution is 7.15. The number of aliphatic imine (C=N–C) groups is 1. The molecule has 0 spiro atoms. The molecule has 0 unspecified atom stereocenters. The van der Waals surface area contributed by atoms with Gasteiger partial charge in [-0.3, -0.25) is 4.90 Å². The van der Waals surface area contributed by atoms with Crippen LogP contribution in [-0.2, 0) is 6.54 Å². The largest absolute Gasteiger partial charge is 0.369 e. The van der Waals surface area contributed by atoms with E-state index >= 15 is 0 Å². The van der Waals surface area contributed by atoms with Gasteiger partial charge in [0.1, 0.15) is 5.00 Å². The van der Waals surface area contributed by atoms with E-state index in [2.05, 4.69) is 22.0 Å². The number of hydrogen-bond donors (Lipinski definition) is 0. The van der Waals surface area contributed by atoms with Crippen molar-refractivity contribution in [2.24, 2.45) is 4.99 Å². The average molecular weight is 265 g/mol. The van der Waals surface area contributed by atoms with Crippen molar-refractivity contribution in [3.8, 4) is 0 Å². The normalized spacial score (nSPS) is 18.1. The molecular formula is C14H23N3S.